The van der Waals surface area contributed by atoms with Gasteiger partial charge in [-0.3, -0.25) is 4.79 Å². The molecule has 1 unspecified atom stereocenters. The minimum atomic E-state index is 0.0836. The van der Waals surface area contributed by atoms with Crippen molar-refractivity contribution >= 4 is 5.91 Å². The summed E-state index contributed by atoms with van der Waals surface area (Å²) in [5.74, 6) is 0.633. The van der Waals surface area contributed by atoms with Crippen molar-refractivity contribution in [2.24, 2.45) is 11.7 Å². The molecular formula is C16H26N2O. The van der Waals surface area contributed by atoms with Gasteiger partial charge >= 0.3 is 0 Å². The van der Waals surface area contributed by atoms with Crippen molar-refractivity contribution in [3.63, 3.8) is 0 Å². The minimum Gasteiger partial charge on any atom is -0.353 e. The molecule has 1 aromatic carbocycles. The van der Waals surface area contributed by atoms with Gasteiger partial charge in [0.15, 0.2) is 0 Å². The van der Waals surface area contributed by atoms with Crippen LogP contribution in [0, 0.1) is 5.92 Å². The van der Waals surface area contributed by atoms with Gasteiger partial charge in [0.1, 0.15) is 0 Å². The number of hydrogen-bond donors (Lipinski definition) is 2. The lowest BCUT2D eigenvalue weighted by molar-refractivity contribution is -0.121. The van der Waals surface area contributed by atoms with Crippen molar-refractivity contribution in [1.82, 2.24) is 5.32 Å². The van der Waals surface area contributed by atoms with Crippen LogP contribution in [0.5, 0.6) is 0 Å². The zero-order valence-corrected chi connectivity index (χ0v) is 12.3. The molecule has 0 spiro atoms. The number of nitrogens with one attached hydrogen (secondary N) is 1. The van der Waals surface area contributed by atoms with E-state index in [1.54, 1.807) is 0 Å². The molecule has 0 saturated carbocycles. The molecule has 106 valence electrons. The topological polar surface area (TPSA) is 55.1 Å². The summed E-state index contributed by atoms with van der Waals surface area (Å²) in [5.41, 5.74) is 7.76. The normalized spacial score (nSPS) is 12.5. The van der Waals surface area contributed by atoms with Crippen molar-refractivity contribution < 1.29 is 4.79 Å². The van der Waals surface area contributed by atoms with Gasteiger partial charge in [-0.15, -0.1) is 0 Å². The average Bonchev–Trinajstić information content (AvgIpc) is 2.40. The fourth-order valence-corrected chi connectivity index (χ4v) is 2.52. The van der Waals surface area contributed by atoms with E-state index in [2.05, 4.69) is 26.1 Å². The Morgan fingerprint density at radius 3 is 2.32 bits per heavy atom. The maximum absolute atomic E-state index is 12.1. The Balaban J connectivity index is 2.60. The van der Waals surface area contributed by atoms with Crippen LogP contribution in [-0.2, 0) is 17.8 Å². The Morgan fingerprint density at radius 2 is 1.79 bits per heavy atom. The molecule has 0 heterocycles. The Morgan fingerprint density at radius 1 is 1.21 bits per heavy atom. The molecule has 0 aliphatic rings. The Labute approximate surface area is 116 Å². The third-order valence-corrected chi connectivity index (χ3v) is 3.83. The average molecular weight is 262 g/mol. The van der Waals surface area contributed by atoms with E-state index in [-0.39, 0.29) is 11.9 Å². The maximum atomic E-state index is 12.1. The van der Waals surface area contributed by atoms with Crippen LogP contribution in [0.1, 0.15) is 44.7 Å². The summed E-state index contributed by atoms with van der Waals surface area (Å²) < 4.78 is 0. The summed E-state index contributed by atoms with van der Waals surface area (Å²) in [5, 5.41) is 3.10. The minimum absolute atomic E-state index is 0.0836. The summed E-state index contributed by atoms with van der Waals surface area (Å²) in [6.45, 7) is 6.90. The zero-order chi connectivity index (χ0) is 14.3. The summed E-state index contributed by atoms with van der Waals surface area (Å²) in [6, 6.07) is 8.09. The van der Waals surface area contributed by atoms with Crippen molar-refractivity contribution in [1.29, 1.82) is 0 Å². The van der Waals surface area contributed by atoms with Gasteiger partial charge in [0.2, 0.25) is 5.91 Å². The fraction of sp³-hybridized carbons (Fsp3) is 0.562. The molecule has 0 bridgehead atoms. The van der Waals surface area contributed by atoms with Crippen LogP contribution in [0.3, 0.4) is 0 Å². The van der Waals surface area contributed by atoms with E-state index in [0.29, 0.717) is 18.9 Å². The predicted molar refractivity (Wildman–Crippen MR) is 79.7 cm³/mol. The molecule has 0 aliphatic carbocycles. The molecule has 1 amide bonds. The lowest BCUT2D eigenvalue weighted by Gasteiger charge is -2.22. The van der Waals surface area contributed by atoms with Gasteiger partial charge in [-0.25, -0.2) is 0 Å². The van der Waals surface area contributed by atoms with Gasteiger partial charge < -0.3 is 11.1 Å². The molecule has 0 aliphatic heterocycles. The molecule has 19 heavy (non-hydrogen) atoms. The second-order valence-corrected chi connectivity index (χ2v) is 5.08. The summed E-state index contributed by atoms with van der Waals surface area (Å²) >= 11 is 0. The number of benzene rings is 1. The molecule has 0 radical (unpaired) electrons. The Bertz CT molecular complexity index is 399. The summed E-state index contributed by atoms with van der Waals surface area (Å²) in [7, 11) is 0. The highest BCUT2D eigenvalue weighted by Gasteiger charge is 2.16. The van der Waals surface area contributed by atoms with Crippen LogP contribution in [0.25, 0.3) is 0 Å². The number of carbonyl (C=O) groups excluding carboxylic acids is 1. The van der Waals surface area contributed by atoms with E-state index >= 15 is 0 Å². The van der Waals surface area contributed by atoms with E-state index in [9.17, 15) is 4.79 Å². The lowest BCUT2D eigenvalue weighted by atomic mass is 9.95. The Kier molecular flexibility index (Phi) is 6.57. The summed E-state index contributed by atoms with van der Waals surface area (Å²) in [4.78, 5) is 12.1. The van der Waals surface area contributed by atoms with Crippen molar-refractivity contribution in [3.05, 3.63) is 35.4 Å². The van der Waals surface area contributed by atoms with Crippen LogP contribution in [-0.4, -0.2) is 11.9 Å². The molecule has 3 nitrogen and oxygen atoms in total. The van der Waals surface area contributed by atoms with Gasteiger partial charge in [0.25, 0.3) is 0 Å². The molecule has 0 aromatic heterocycles. The third-order valence-electron chi connectivity index (χ3n) is 3.83. The number of nitrogens with two attached hydrogens (primary N) is 1. The molecule has 1 atom stereocenters. The third kappa shape index (κ3) is 4.67. The second kappa shape index (κ2) is 7.95. The van der Waals surface area contributed by atoms with Gasteiger partial charge in [0, 0.05) is 12.6 Å². The number of hydrogen-bond acceptors (Lipinski definition) is 2. The van der Waals surface area contributed by atoms with Crippen LogP contribution in [0.15, 0.2) is 24.3 Å². The second-order valence-electron chi connectivity index (χ2n) is 5.08. The molecule has 1 rings (SSSR count). The van der Waals surface area contributed by atoms with Gasteiger partial charge in [-0.1, -0.05) is 51.0 Å². The molecule has 3 heteroatoms. The van der Waals surface area contributed by atoms with Crippen LogP contribution < -0.4 is 11.1 Å². The Hall–Kier alpha value is -1.35. The molecule has 0 saturated heterocycles. The van der Waals surface area contributed by atoms with Crippen LogP contribution in [0.4, 0.5) is 0 Å². The van der Waals surface area contributed by atoms with Gasteiger partial charge in [0.05, 0.1) is 6.42 Å². The molecule has 3 N–H and O–H groups in total. The first-order valence-corrected chi connectivity index (χ1v) is 7.18. The standard InChI is InChI=1S/C16H26N2O/c1-4-13(5-2)12(3)18-16(19)10-14-8-6-7-9-15(14)11-17/h6-9,12-13H,4-5,10-11,17H2,1-3H3,(H,18,19). The first kappa shape index (κ1) is 15.7. The highest BCUT2D eigenvalue weighted by atomic mass is 16.1. The first-order valence-electron chi connectivity index (χ1n) is 7.18. The number of rotatable bonds is 7. The molecule has 0 fully saturated rings. The van der Waals surface area contributed by atoms with Crippen molar-refractivity contribution in [2.75, 3.05) is 0 Å². The predicted octanol–water partition coefficient (Wildman–Crippen LogP) is 2.63. The lowest BCUT2D eigenvalue weighted by Crippen LogP contribution is -2.38. The van der Waals surface area contributed by atoms with Crippen molar-refractivity contribution in [3.8, 4) is 0 Å². The van der Waals surface area contributed by atoms with Crippen LogP contribution >= 0.6 is 0 Å². The van der Waals surface area contributed by atoms with E-state index in [1.807, 2.05) is 24.3 Å². The molecular weight excluding hydrogens is 236 g/mol. The SMILES string of the molecule is CCC(CC)C(C)NC(=O)Cc1ccccc1CN. The monoisotopic (exact) mass is 262 g/mol. The maximum Gasteiger partial charge on any atom is 0.224 e. The van der Waals surface area contributed by atoms with Crippen molar-refractivity contribution in [2.45, 2.75) is 52.6 Å². The first-order chi connectivity index (χ1) is 9.12. The van der Waals surface area contributed by atoms with E-state index in [4.69, 9.17) is 5.73 Å². The zero-order valence-electron chi connectivity index (χ0n) is 12.3. The van der Waals surface area contributed by atoms with E-state index < -0.39 is 0 Å². The molecule has 1 aromatic rings. The van der Waals surface area contributed by atoms with Crippen LogP contribution in [0.2, 0.25) is 0 Å². The smallest absolute Gasteiger partial charge is 0.224 e. The fourth-order valence-electron chi connectivity index (χ4n) is 2.52. The largest absolute Gasteiger partial charge is 0.353 e. The quantitative estimate of drug-likeness (QED) is 0.793. The van der Waals surface area contributed by atoms with Gasteiger partial charge in [-0.2, -0.15) is 0 Å². The number of carbonyl (C=O) groups is 1. The van der Waals surface area contributed by atoms with E-state index in [0.717, 1.165) is 24.0 Å². The van der Waals surface area contributed by atoms with E-state index in [1.165, 1.54) is 0 Å². The summed E-state index contributed by atoms with van der Waals surface area (Å²) in [6.07, 6.45) is 2.60. The highest BCUT2D eigenvalue weighted by molar-refractivity contribution is 5.79. The van der Waals surface area contributed by atoms with Gasteiger partial charge in [-0.05, 0) is 24.0 Å². The highest BCUT2D eigenvalue weighted by Crippen LogP contribution is 2.13. The number of amides is 1.